The van der Waals surface area contributed by atoms with Crippen LogP contribution in [0.1, 0.15) is 19.0 Å². The van der Waals surface area contributed by atoms with Crippen LogP contribution in [-0.2, 0) is 9.53 Å². The van der Waals surface area contributed by atoms with Gasteiger partial charge in [0.25, 0.3) is 0 Å². The molecule has 0 bridgehead atoms. The van der Waals surface area contributed by atoms with Crippen LogP contribution in [0.25, 0.3) is 0 Å². The maximum Gasteiger partial charge on any atom is 0.227 e. The lowest BCUT2D eigenvalue weighted by atomic mass is 10.1. The van der Waals surface area contributed by atoms with E-state index >= 15 is 0 Å². The van der Waals surface area contributed by atoms with Gasteiger partial charge in [-0.25, -0.2) is 4.98 Å². The number of aryl methyl sites for hydroxylation is 1. The van der Waals surface area contributed by atoms with Crippen molar-refractivity contribution in [2.24, 2.45) is 5.92 Å². The molecule has 2 aliphatic heterocycles. The minimum atomic E-state index is 0.0528. The van der Waals surface area contributed by atoms with Crippen LogP contribution in [0, 0.1) is 12.8 Å². The fourth-order valence-corrected chi connectivity index (χ4v) is 3.10. The molecule has 7 nitrogen and oxygen atoms in total. The standard InChI is InChI=1S/C16H25N5O2/c1-3-17-15(22)13-4-5-21(11-13)14-10-12(2)18-16(19-14)20-6-8-23-9-7-20/h10,13H,3-9,11H2,1-2H3,(H,17,22). The lowest BCUT2D eigenvalue weighted by Gasteiger charge is -2.28. The number of amides is 1. The summed E-state index contributed by atoms with van der Waals surface area (Å²) in [6, 6.07) is 2.00. The third kappa shape index (κ3) is 3.72. The van der Waals surface area contributed by atoms with Gasteiger partial charge in [-0.3, -0.25) is 4.79 Å². The number of nitrogens with one attached hydrogen (secondary N) is 1. The highest BCUT2D eigenvalue weighted by Gasteiger charge is 2.29. The van der Waals surface area contributed by atoms with E-state index in [0.29, 0.717) is 6.54 Å². The molecule has 3 heterocycles. The van der Waals surface area contributed by atoms with E-state index in [1.807, 2.05) is 19.9 Å². The Bertz CT molecular complexity index is 559. The topological polar surface area (TPSA) is 70.6 Å². The van der Waals surface area contributed by atoms with E-state index in [4.69, 9.17) is 9.72 Å². The van der Waals surface area contributed by atoms with Gasteiger partial charge in [-0.2, -0.15) is 4.98 Å². The summed E-state index contributed by atoms with van der Waals surface area (Å²) in [5.74, 6) is 1.89. The molecule has 0 aromatic carbocycles. The zero-order chi connectivity index (χ0) is 16.2. The maximum absolute atomic E-state index is 12.0. The summed E-state index contributed by atoms with van der Waals surface area (Å²) in [6.45, 7) is 9.30. The van der Waals surface area contributed by atoms with Crippen LogP contribution in [0.4, 0.5) is 11.8 Å². The number of nitrogens with zero attached hydrogens (tertiary/aromatic N) is 4. The predicted molar refractivity (Wildman–Crippen MR) is 88.8 cm³/mol. The largest absolute Gasteiger partial charge is 0.378 e. The van der Waals surface area contributed by atoms with Crippen molar-refractivity contribution in [3.8, 4) is 0 Å². The van der Waals surface area contributed by atoms with Crippen molar-refractivity contribution in [3.63, 3.8) is 0 Å². The third-order valence-electron chi connectivity index (χ3n) is 4.36. The molecule has 126 valence electrons. The molecule has 0 radical (unpaired) electrons. The monoisotopic (exact) mass is 319 g/mol. The molecule has 2 saturated heterocycles. The molecule has 2 fully saturated rings. The summed E-state index contributed by atoms with van der Waals surface area (Å²) in [6.07, 6.45) is 0.877. The zero-order valence-corrected chi connectivity index (χ0v) is 13.9. The van der Waals surface area contributed by atoms with Crippen LogP contribution in [-0.4, -0.2) is 61.8 Å². The van der Waals surface area contributed by atoms with Gasteiger partial charge in [0.1, 0.15) is 5.82 Å². The van der Waals surface area contributed by atoms with Crippen LogP contribution in [0.5, 0.6) is 0 Å². The number of anilines is 2. The lowest BCUT2D eigenvalue weighted by Crippen LogP contribution is -2.38. The van der Waals surface area contributed by atoms with E-state index in [2.05, 4.69) is 20.1 Å². The molecule has 0 aliphatic carbocycles. The molecule has 2 aliphatic rings. The molecule has 1 amide bonds. The molecule has 3 rings (SSSR count). The molecule has 1 aromatic rings. The fraction of sp³-hybridized carbons (Fsp3) is 0.688. The number of carbonyl (C=O) groups excluding carboxylic acids is 1. The lowest BCUT2D eigenvalue weighted by molar-refractivity contribution is -0.124. The molecule has 0 spiro atoms. The van der Waals surface area contributed by atoms with Gasteiger partial charge in [-0.05, 0) is 20.3 Å². The molecule has 1 atom stereocenters. The summed E-state index contributed by atoms with van der Waals surface area (Å²) >= 11 is 0. The zero-order valence-electron chi connectivity index (χ0n) is 13.9. The Balaban J connectivity index is 1.73. The smallest absolute Gasteiger partial charge is 0.227 e. The van der Waals surface area contributed by atoms with Crippen LogP contribution < -0.4 is 15.1 Å². The molecule has 0 saturated carbocycles. The number of rotatable bonds is 4. The highest BCUT2D eigenvalue weighted by molar-refractivity contribution is 5.80. The number of aromatic nitrogens is 2. The van der Waals surface area contributed by atoms with Crippen molar-refractivity contribution in [2.75, 3.05) is 55.7 Å². The van der Waals surface area contributed by atoms with E-state index in [0.717, 1.165) is 63.3 Å². The van der Waals surface area contributed by atoms with Crippen molar-refractivity contribution in [2.45, 2.75) is 20.3 Å². The maximum atomic E-state index is 12.0. The minimum absolute atomic E-state index is 0.0528. The first kappa shape index (κ1) is 16.0. The van der Waals surface area contributed by atoms with Crippen molar-refractivity contribution < 1.29 is 9.53 Å². The van der Waals surface area contributed by atoms with E-state index in [9.17, 15) is 4.79 Å². The molecule has 1 N–H and O–H groups in total. The molecule has 7 heteroatoms. The van der Waals surface area contributed by atoms with Gasteiger partial charge in [0.2, 0.25) is 11.9 Å². The summed E-state index contributed by atoms with van der Waals surface area (Å²) in [4.78, 5) is 25.7. The van der Waals surface area contributed by atoms with E-state index in [-0.39, 0.29) is 11.8 Å². The molecule has 23 heavy (non-hydrogen) atoms. The highest BCUT2D eigenvalue weighted by atomic mass is 16.5. The van der Waals surface area contributed by atoms with Crippen molar-refractivity contribution >= 4 is 17.7 Å². The van der Waals surface area contributed by atoms with E-state index < -0.39 is 0 Å². The number of ether oxygens (including phenoxy) is 1. The van der Waals surface area contributed by atoms with Crippen molar-refractivity contribution in [1.29, 1.82) is 0 Å². The summed E-state index contributed by atoms with van der Waals surface area (Å²) in [7, 11) is 0. The third-order valence-corrected chi connectivity index (χ3v) is 4.36. The van der Waals surface area contributed by atoms with Gasteiger partial charge in [-0.15, -0.1) is 0 Å². The SMILES string of the molecule is CCNC(=O)C1CCN(c2cc(C)nc(N3CCOCC3)n2)C1. The minimum Gasteiger partial charge on any atom is -0.378 e. The van der Waals surface area contributed by atoms with Crippen LogP contribution in [0.2, 0.25) is 0 Å². The van der Waals surface area contributed by atoms with Crippen LogP contribution in [0.15, 0.2) is 6.07 Å². The quantitative estimate of drug-likeness (QED) is 0.876. The molecule has 1 aromatic heterocycles. The Morgan fingerprint density at radius 1 is 1.30 bits per heavy atom. The predicted octanol–water partition coefficient (Wildman–Crippen LogP) is 0.584. The van der Waals surface area contributed by atoms with E-state index in [1.165, 1.54) is 0 Å². The molecule has 1 unspecified atom stereocenters. The Morgan fingerprint density at radius 2 is 2.09 bits per heavy atom. The first-order chi connectivity index (χ1) is 11.2. The van der Waals surface area contributed by atoms with Gasteiger partial charge in [-0.1, -0.05) is 0 Å². The second kappa shape index (κ2) is 7.12. The summed E-state index contributed by atoms with van der Waals surface area (Å²) < 4.78 is 5.39. The highest BCUT2D eigenvalue weighted by Crippen LogP contribution is 2.25. The average molecular weight is 319 g/mol. The van der Waals surface area contributed by atoms with Gasteiger partial charge in [0, 0.05) is 44.5 Å². The molecular weight excluding hydrogens is 294 g/mol. The Labute approximate surface area is 137 Å². The van der Waals surface area contributed by atoms with Crippen molar-refractivity contribution in [3.05, 3.63) is 11.8 Å². The summed E-state index contributed by atoms with van der Waals surface area (Å²) in [5.41, 5.74) is 0.956. The van der Waals surface area contributed by atoms with Gasteiger partial charge >= 0.3 is 0 Å². The second-order valence-electron chi connectivity index (χ2n) is 6.09. The van der Waals surface area contributed by atoms with Crippen molar-refractivity contribution in [1.82, 2.24) is 15.3 Å². The average Bonchev–Trinajstić information content (AvgIpc) is 3.05. The fourth-order valence-electron chi connectivity index (χ4n) is 3.10. The number of carbonyl (C=O) groups is 1. The second-order valence-corrected chi connectivity index (χ2v) is 6.09. The van der Waals surface area contributed by atoms with Gasteiger partial charge in [0.05, 0.1) is 19.1 Å². The van der Waals surface area contributed by atoms with Crippen LogP contribution >= 0.6 is 0 Å². The molecular formula is C16H25N5O2. The van der Waals surface area contributed by atoms with Gasteiger partial charge in [0.15, 0.2) is 0 Å². The van der Waals surface area contributed by atoms with Gasteiger partial charge < -0.3 is 19.9 Å². The Hall–Kier alpha value is -1.89. The number of hydrogen-bond donors (Lipinski definition) is 1. The first-order valence-corrected chi connectivity index (χ1v) is 8.38. The Morgan fingerprint density at radius 3 is 2.83 bits per heavy atom. The summed E-state index contributed by atoms with van der Waals surface area (Å²) in [5, 5.41) is 2.91. The normalized spacial score (nSPS) is 21.6. The first-order valence-electron chi connectivity index (χ1n) is 8.38. The number of morpholine rings is 1. The van der Waals surface area contributed by atoms with E-state index in [1.54, 1.807) is 0 Å². The Kier molecular flexibility index (Phi) is 4.95. The number of hydrogen-bond acceptors (Lipinski definition) is 6. The van der Waals surface area contributed by atoms with Crippen LogP contribution in [0.3, 0.4) is 0 Å².